The van der Waals surface area contributed by atoms with E-state index in [0.717, 1.165) is 56.1 Å². The van der Waals surface area contributed by atoms with Crippen LogP contribution in [0.4, 0.5) is 11.4 Å². The first-order valence-electron chi connectivity index (χ1n) is 17.9. The van der Waals surface area contributed by atoms with Crippen LogP contribution >= 0.6 is 46.4 Å². The molecule has 0 aliphatic carbocycles. The Hall–Kier alpha value is -5.06. The topological polar surface area (TPSA) is 156 Å². The zero-order valence-corrected chi connectivity index (χ0v) is 34.1. The maximum Gasteiger partial charge on any atom is 0.325 e. The highest BCUT2D eigenvalue weighted by Gasteiger charge is 2.24. The molecule has 2 aliphatic rings. The van der Waals surface area contributed by atoms with E-state index in [4.69, 9.17) is 61.0 Å². The maximum absolute atomic E-state index is 12.7. The fourth-order valence-electron chi connectivity index (χ4n) is 6.26. The molecule has 1 amide bonds. The number of carboxylic acids is 1. The number of aromatic nitrogens is 6. The number of amides is 1. The van der Waals surface area contributed by atoms with Gasteiger partial charge in [0, 0.05) is 88.3 Å². The summed E-state index contributed by atoms with van der Waals surface area (Å²) in [5.74, 6) is 0.391. The van der Waals surface area contributed by atoms with Crippen molar-refractivity contribution in [2.45, 2.75) is 27.9 Å². The number of nitrogens with zero attached hydrogens (tertiary/aromatic N) is 9. The fourth-order valence-corrected chi connectivity index (χ4v) is 7.14. The first-order chi connectivity index (χ1) is 27.6. The van der Waals surface area contributed by atoms with Gasteiger partial charge in [0.15, 0.2) is 11.3 Å². The van der Waals surface area contributed by atoms with Crippen molar-refractivity contribution >= 4 is 91.7 Å². The summed E-state index contributed by atoms with van der Waals surface area (Å²) in [6, 6.07) is 18.7. The van der Waals surface area contributed by atoms with E-state index in [9.17, 15) is 9.59 Å². The Morgan fingerprint density at radius 1 is 0.678 bits per heavy atom. The van der Waals surface area contributed by atoms with Crippen molar-refractivity contribution in [3.63, 3.8) is 0 Å². The van der Waals surface area contributed by atoms with Crippen molar-refractivity contribution in [3.8, 4) is 11.5 Å². The quantitative estimate of drug-likeness (QED) is 0.158. The molecule has 4 aromatic heterocycles. The highest BCUT2D eigenvalue weighted by atomic mass is 35.5. The van der Waals surface area contributed by atoms with Gasteiger partial charge in [-0.25, -0.2) is 19.3 Å². The summed E-state index contributed by atoms with van der Waals surface area (Å²) in [6.45, 7) is 6.69. The second-order valence-electron chi connectivity index (χ2n) is 12.8. The van der Waals surface area contributed by atoms with Gasteiger partial charge in [0.2, 0.25) is 5.91 Å². The van der Waals surface area contributed by atoms with E-state index in [2.05, 4.69) is 35.3 Å². The third kappa shape index (κ3) is 11.6. The SMILES string of the molecule is C.C.COc1cc(N2CCN(C(=O)Cn3nc4ncccc4c3Cl)CC2)ccc1Cl.COc1cc(N2CCNCC2)ccc1Cl.O=C(O)Cn1nc2ncccc2c1Cl. The molecule has 15 nitrogen and oxygen atoms in total. The molecule has 2 fully saturated rings. The van der Waals surface area contributed by atoms with E-state index in [0.29, 0.717) is 55.9 Å². The molecule has 2 saturated heterocycles. The fraction of sp³-hybridized carbons (Fsp3) is 0.350. The third-order valence-corrected chi connectivity index (χ3v) is 10.6. The van der Waals surface area contributed by atoms with E-state index in [1.165, 1.54) is 15.1 Å². The smallest absolute Gasteiger partial charge is 0.325 e. The lowest BCUT2D eigenvalue weighted by Gasteiger charge is -2.36. The predicted octanol–water partition coefficient (Wildman–Crippen LogP) is 7.30. The molecule has 6 heterocycles. The molecule has 2 aromatic carbocycles. The Morgan fingerprint density at radius 3 is 1.58 bits per heavy atom. The molecule has 0 radical (unpaired) electrons. The summed E-state index contributed by atoms with van der Waals surface area (Å²) >= 11 is 24.3. The second kappa shape index (κ2) is 21.8. The number of methoxy groups -OCH3 is 2. The zero-order chi connectivity index (χ0) is 40.5. The minimum atomic E-state index is -0.986. The molecule has 0 saturated carbocycles. The number of carboxylic acid groups (broad SMARTS) is 1. The number of carbonyl (C=O) groups is 2. The van der Waals surface area contributed by atoms with Crippen LogP contribution in [0.5, 0.6) is 11.5 Å². The molecule has 59 heavy (non-hydrogen) atoms. The number of hydrogen-bond acceptors (Lipinski definition) is 11. The molecular formula is C40H48Cl4N10O5. The first-order valence-corrected chi connectivity index (χ1v) is 19.4. The molecule has 0 bridgehead atoms. The van der Waals surface area contributed by atoms with Gasteiger partial charge in [-0.15, -0.1) is 0 Å². The Kier molecular flexibility index (Phi) is 17.2. The number of carbonyl (C=O) groups excluding carboxylic acids is 1. The molecular weight excluding hydrogens is 842 g/mol. The van der Waals surface area contributed by atoms with Crippen molar-refractivity contribution in [3.05, 3.63) is 93.4 Å². The highest BCUT2D eigenvalue weighted by molar-refractivity contribution is 6.35. The van der Waals surface area contributed by atoms with E-state index in [1.54, 1.807) is 44.8 Å². The minimum absolute atomic E-state index is 0. The van der Waals surface area contributed by atoms with Gasteiger partial charge in [-0.05, 0) is 48.5 Å². The van der Waals surface area contributed by atoms with Crippen LogP contribution in [0.2, 0.25) is 20.4 Å². The van der Waals surface area contributed by atoms with Gasteiger partial charge in [-0.3, -0.25) is 9.59 Å². The van der Waals surface area contributed by atoms with Gasteiger partial charge in [0.25, 0.3) is 0 Å². The summed E-state index contributed by atoms with van der Waals surface area (Å²) in [7, 11) is 3.24. The van der Waals surface area contributed by atoms with Gasteiger partial charge >= 0.3 is 5.97 Å². The summed E-state index contributed by atoms with van der Waals surface area (Å²) in [5, 5.41) is 23.6. The summed E-state index contributed by atoms with van der Waals surface area (Å²) in [4.78, 5) is 37.7. The number of nitrogens with one attached hydrogen (secondary N) is 1. The van der Waals surface area contributed by atoms with Gasteiger partial charge in [0.1, 0.15) is 34.9 Å². The molecule has 2 aliphatic heterocycles. The number of anilines is 2. The largest absolute Gasteiger partial charge is 0.495 e. The average molecular weight is 891 g/mol. The lowest BCUT2D eigenvalue weighted by molar-refractivity contribution is -0.138. The molecule has 0 spiro atoms. The van der Waals surface area contributed by atoms with Crippen LogP contribution in [0, 0.1) is 0 Å². The number of benzene rings is 2. The van der Waals surface area contributed by atoms with Crippen LogP contribution in [-0.4, -0.2) is 118 Å². The van der Waals surface area contributed by atoms with E-state index in [-0.39, 0.29) is 33.8 Å². The third-order valence-electron chi connectivity index (χ3n) is 9.22. The van der Waals surface area contributed by atoms with Crippen LogP contribution in [0.25, 0.3) is 22.1 Å². The normalized spacial score (nSPS) is 13.6. The van der Waals surface area contributed by atoms with Crippen LogP contribution < -0.4 is 24.6 Å². The molecule has 2 N–H and O–H groups in total. The van der Waals surface area contributed by atoms with Crippen molar-refractivity contribution in [1.82, 2.24) is 39.7 Å². The van der Waals surface area contributed by atoms with E-state index < -0.39 is 5.97 Å². The Morgan fingerprint density at radius 2 is 1.14 bits per heavy atom. The number of halogens is 4. The highest BCUT2D eigenvalue weighted by Crippen LogP contribution is 2.31. The number of pyridine rings is 2. The van der Waals surface area contributed by atoms with E-state index in [1.807, 2.05) is 47.4 Å². The Labute approximate surface area is 363 Å². The monoisotopic (exact) mass is 888 g/mol. The average Bonchev–Trinajstić information content (AvgIpc) is 3.72. The van der Waals surface area contributed by atoms with Crippen LogP contribution in [0.15, 0.2) is 73.1 Å². The number of ether oxygens (including phenoxy) is 2. The van der Waals surface area contributed by atoms with E-state index >= 15 is 0 Å². The van der Waals surface area contributed by atoms with Gasteiger partial charge in [-0.1, -0.05) is 61.3 Å². The molecule has 8 rings (SSSR count). The second-order valence-corrected chi connectivity index (χ2v) is 14.3. The minimum Gasteiger partial charge on any atom is -0.495 e. The number of hydrogen-bond donors (Lipinski definition) is 2. The molecule has 316 valence electrons. The van der Waals surface area contributed by atoms with Crippen molar-refractivity contribution in [2.24, 2.45) is 0 Å². The first kappa shape index (κ1) is 46.6. The predicted molar refractivity (Wildman–Crippen MR) is 236 cm³/mol. The number of piperazine rings is 2. The van der Waals surface area contributed by atoms with Gasteiger partial charge in [-0.2, -0.15) is 10.2 Å². The lowest BCUT2D eigenvalue weighted by Crippen LogP contribution is -2.49. The molecule has 0 atom stereocenters. The van der Waals surface area contributed by atoms with Crippen LogP contribution in [0.3, 0.4) is 0 Å². The summed E-state index contributed by atoms with van der Waals surface area (Å²) in [5.41, 5.74) is 3.21. The molecule has 19 heteroatoms. The number of fused-ring (bicyclic) bond motifs is 2. The van der Waals surface area contributed by atoms with Crippen molar-refractivity contribution < 1.29 is 24.2 Å². The summed E-state index contributed by atoms with van der Waals surface area (Å²) in [6.07, 6.45) is 3.24. The van der Waals surface area contributed by atoms with Gasteiger partial charge in [0.05, 0.1) is 35.0 Å². The lowest BCUT2D eigenvalue weighted by atomic mass is 10.2. The van der Waals surface area contributed by atoms with Crippen LogP contribution in [0.1, 0.15) is 14.9 Å². The maximum atomic E-state index is 12.7. The molecule has 6 aromatic rings. The standard InChI is InChI=1S/C19H19Cl2N5O2.C11H15ClN2O.C8H6ClN3O2.2CH4/c1-28-16-11-13(4-5-15(16)20)24-7-9-25(10-8-24)17(27)12-26-18(21)14-3-2-6-22-19(14)23-26;1-15-11-8-9(2-3-10(11)12)14-6-4-13-5-7-14;9-7-5-2-1-3-10-8(5)11-12(7)4-6(13)14;;/h2-6,11H,7-10,12H2,1H3;2-3,8,13H,4-7H2,1H3;1-3H,4H2,(H,13,14);2*1H4. The summed E-state index contributed by atoms with van der Waals surface area (Å²) < 4.78 is 13.2. The molecule has 0 unspecified atom stereocenters. The van der Waals surface area contributed by atoms with Crippen molar-refractivity contribution in [2.75, 3.05) is 76.4 Å². The van der Waals surface area contributed by atoms with Gasteiger partial charge < -0.3 is 34.6 Å². The van der Waals surface area contributed by atoms with Crippen molar-refractivity contribution in [1.29, 1.82) is 0 Å². The Bertz CT molecular complexity index is 2330. The Balaban J connectivity index is 0.000000210. The number of aliphatic carboxylic acids is 1. The number of rotatable bonds is 8. The van der Waals surface area contributed by atoms with Crippen LogP contribution in [-0.2, 0) is 22.7 Å². The zero-order valence-electron chi connectivity index (χ0n) is 31.1.